The molecule has 6 nitrogen and oxygen atoms in total. The van der Waals surface area contributed by atoms with Crippen LogP contribution in [0.3, 0.4) is 0 Å². The van der Waals surface area contributed by atoms with Crippen LogP contribution in [-0.2, 0) is 17.8 Å². The lowest BCUT2D eigenvalue weighted by atomic mass is 10.00. The van der Waals surface area contributed by atoms with E-state index in [4.69, 9.17) is 5.10 Å². The summed E-state index contributed by atoms with van der Waals surface area (Å²) in [5.74, 6) is 0.445. The molecule has 0 bridgehead atoms. The Labute approximate surface area is 185 Å². The third-order valence-corrected chi connectivity index (χ3v) is 6.73. The number of thioether (sulfide) groups is 1. The number of aromatic nitrogens is 4. The van der Waals surface area contributed by atoms with Gasteiger partial charge < -0.3 is 4.90 Å². The highest BCUT2D eigenvalue weighted by Gasteiger charge is 2.22. The Hall–Kier alpha value is -3.19. The van der Waals surface area contributed by atoms with Gasteiger partial charge in [0.2, 0.25) is 5.91 Å². The van der Waals surface area contributed by atoms with Crippen LogP contribution in [0.25, 0.3) is 16.6 Å². The molecule has 0 fully saturated rings. The molecule has 0 spiro atoms. The van der Waals surface area contributed by atoms with Crippen molar-refractivity contribution >= 4 is 28.6 Å². The van der Waals surface area contributed by atoms with E-state index in [9.17, 15) is 4.79 Å². The largest absolute Gasteiger partial charge is 0.337 e. The molecule has 0 N–H and O–H groups in total. The quantitative estimate of drug-likeness (QED) is 0.457. The van der Waals surface area contributed by atoms with E-state index >= 15 is 0 Å². The summed E-state index contributed by atoms with van der Waals surface area (Å²) in [4.78, 5) is 14.8. The predicted molar refractivity (Wildman–Crippen MR) is 122 cm³/mol. The van der Waals surface area contributed by atoms with Crippen LogP contribution in [0.15, 0.2) is 59.6 Å². The Bertz CT molecular complexity index is 1270. The maximum atomic E-state index is 12.9. The summed E-state index contributed by atoms with van der Waals surface area (Å²) < 4.78 is 1.93. The molecule has 3 heterocycles. The maximum Gasteiger partial charge on any atom is 0.233 e. The molecule has 0 atom stereocenters. The Morgan fingerprint density at radius 2 is 1.74 bits per heavy atom. The van der Waals surface area contributed by atoms with Crippen LogP contribution in [0, 0.1) is 13.8 Å². The van der Waals surface area contributed by atoms with Gasteiger partial charge in [0.15, 0.2) is 0 Å². The lowest BCUT2D eigenvalue weighted by molar-refractivity contribution is -0.129. The number of rotatable bonds is 4. The number of carbonyl (C=O) groups excluding carboxylic acids is 1. The zero-order valence-corrected chi connectivity index (χ0v) is 18.4. The summed E-state index contributed by atoms with van der Waals surface area (Å²) in [5, 5.41) is 15.3. The average Bonchev–Trinajstić information content (AvgIpc) is 3.17. The molecule has 0 saturated heterocycles. The van der Waals surface area contributed by atoms with Gasteiger partial charge in [0, 0.05) is 18.5 Å². The minimum absolute atomic E-state index is 0.120. The Morgan fingerprint density at radius 1 is 1.00 bits per heavy atom. The van der Waals surface area contributed by atoms with E-state index in [0.29, 0.717) is 17.3 Å². The summed E-state index contributed by atoms with van der Waals surface area (Å²) in [7, 11) is 0. The van der Waals surface area contributed by atoms with Gasteiger partial charge in [0.25, 0.3) is 0 Å². The van der Waals surface area contributed by atoms with Crippen LogP contribution in [0.2, 0.25) is 0 Å². The first kappa shape index (κ1) is 19.8. The second kappa shape index (κ2) is 8.15. The maximum absolute atomic E-state index is 12.9. The third-order valence-electron chi connectivity index (χ3n) is 5.79. The molecule has 2 aromatic heterocycles. The monoisotopic (exact) mass is 429 g/mol. The normalized spacial score (nSPS) is 13.4. The fraction of sp³-hybridized carbons (Fsp3) is 0.250. The minimum Gasteiger partial charge on any atom is -0.337 e. The van der Waals surface area contributed by atoms with Crippen molar-refractivity contribution in [1.29, 1.82) is 0 Å². The van der Waals surface area contributed by atoms with Crippen molar-refractivity contribution in [2.45, 2.75) is 31.8 Å². The molecule has 1 aliphatic heterocycles. The molecule has 1 amide bonds. The fourth-order valence-electron chi connectivity index (χ4n) is 4.15. The lowest BCUT2D eigenvalue weighted by Gasteiger charge is -2.28. The van der Waals surface area contributed by atoms with Crippen molar-refractivity contribution in [1.82, 2.24) is 24.9 Å². The van der Waals surface area contributed by atoms with E-state index in [1.54, 1.807) is 0 Å². The smallest absolute Gasteiger partial charge is 0.233 e. The van der Waals surface area contributed by atoms with Crippen molar-refractivity contribution in [3.63, 3.8) is 0 Å². The number of aryl methyl sites for hydroxylation is 2. The molecule has 0 saturated carbocycles. The van der Waals surface area contributed by atoms with E-state index in [2.05, 4.69) is 28.4 Å². The van der Waals surface area contributed by atoms with Gasteiger partial charge in [-0.1, -0.05) is 54.2 Å². The Balaban J connectivity index is 1.39. The molecule has 0 aliphatic carbocycles. The number of carbonyl (C=O) groups is 1. The van der Waals surface area contributed by atoms with E-state index in [0.717, 1.165) is 40.9 Å². The van der Waals surface area contributed by atoms with E-state index in [1.165, 1.54) is 22.9 Å². The van der Waals surface area contributed by atoms with Gasteiger partial charge in [-0.2, -0.15) is 10.2 Å². The molecule has 4 aromatic rings. The highest BCUT2D eigenvalue weighted by atomic mass is 32.2. The van der Waals surface area contributed by atoms with Crippen LogP contribution in [-0.4, -0.2) is 43.1 Å². The molecule has 0 unspecified atom stereocenters. The van der Waals surface area contributed by atoms with Gasteiger partial charge in [0.1, 0.15) is 10.5 Å². The van der Waals surface area contributed by atoms with Crippen LogP contribution in [0.4, 0.5) is 0 Å². The summed E-state index contributed by atoms with van der Waals surface area (Å²) in [5.41, 5.74) is 6.24. The van der Waals surface area contributed by atoms with E-state index in [1.807, 2.05) is 59.8 Å². The molecule has 5 rings (SSSR count). The molecule has 0 radical (unpaired) electrons. The molecular formula is C24H23N5OS. The second-order valence-electron chi connectivity index (χ2n) is 7.77. The summed E-state index contributed by atoms with van der Waals surface area (Å²) >= 11 is 1.42. The predicted octanol–water partition coefficient (Wildman–Crippen LogP) is 4.11. The van der Waals surface area contributed by atoms with Gasteiger partial charge in [-0.25, -0.2) is 4.68 Å². The summed E-state index contributed by atoms with van der Waals surface area (Å²) in [6.45, 7) is 5.42. The van der Waals surface area contributed by atoms with Gasteiger partial charge in [-0.05, 0) is 43.5 Å². The number of benzene rings is 2. The van der Waals surface area contributed by atoms with Crippen molar-refractivity contribution in [2.24, 2.45) is 0 Å². The fourth-order valence-corrected chi connectivity index (χ4v) is 4.97. The van der Waals surface area contributed by atoms with Gasteiger partial charge >= 0.3 is 0 Å². The van der Waals surface area contributed by atoms with Crippen molar-refractivity contribution in [3.05, 3.63) is 77.1 Å². The molecule has 156 valence electrons. The van der Waals surface area contributed by atoms with Crippen molar-refractivity contribution in [3.8, 4) is 5.69 Å². The summed E-state index contributed by atoms with van der Waals surface area (Å²) in [6.07, 6.45) is 0.905. The van der Waals surface area contributed by atoms with Crippen LogP contribution < -0.4 is 0 Å². The highest BCUT2D eigenvalue weighted by Crippen LogP contribution is 2.30. The van der Waals surface area contributed by atoms with Crippen molar-refractivity contribution < 1.29 is 4.79 Å². The highest BCUT2D eigenvalue weighted by molar-refractivity contribution is 8.00. The number of para-hydroxylation sites is 1. The van der Waals surface area contributed by atoms with Gasteiger partial charge in [0.05, 0.1) is 22.8 Å². The number of amides is 1. The minimum atomic E-state index is 0.120. The Kier molecular flexibility index (Phi) is 5.19. The third kappa shape index (κ3) is 3.70. The molecule has 2 aromatic carbocycles. The Morgan fingerprint density at radius 3 is 2.55 bits per heavy atom. The van der Waals surface area contributed by atoms with Crippen molar-refractivity contribution in [2.75, 3.05) is 12.3 Å². The van der Waals surface area contributed by atoms with E-state index in [-0.39, 0.29) is 5.91 Å². The van der Waals surface area contributed by atoms with Crippen LogP contribution in [0.5, 0.6) is 0 Å². The van der Waals surface area contributed by atoms with Gasteiger partial charge in [-0.15, -0.1) is 5.10 Å². The lowest BCUT2D eigenvalue weighted by Crippen LogP contribution is -2.37. The average molecular weight is 430 g/mol. The topological polar surface area (TPSA) is 63.9 Å². The number of hydrogen-bond donors (Lipinski definition) is 0. The van der Waals surface area contributed by atoms with Crippen LogP contribution >= 0.6 is 11.8 Å². The zero-order chi connectivity index (χ0) is 21.4. The molecule has 31 heavy (non-hydrogen) atoms. The number of hydrogen-bond acceptors (Lipinski definition) is 5. The molecule has 1 aliphatic rings. The first-order valence-corrected chi connectivity index (χ1v) is 11.4. The summed E-state index contributed by atoms with van der Waals surface area (Å²) in [6, 6.07) is 18.4. The first-order valence-electron chi connectivity index (χ1n) is 10.4. The molecular weight excluding hydrogens is 406 g/mol. The van der Waals surface area contributed by atoms with E-state index < -0.39 is 0 Å². The standard InChI is InChI=1S/C24H23N5OS/c1-16-22-17(2)29(20-10-4-3-5-11-20)27-23(22)24(26-25-16)31-15-21(30)28-13-12-18-8-6-7-9-19(18)14-28/h3-11H,12-15H2,1-2H3. The SMILES string of the molecule is Cc1nnc(SCC(=O)N2CCc3ccccc3C2)c2nn(-c3ccccc3)c(C)c12. The van der Waals surface area contributed by atoms with Crippen LogP contribution in [0.1, 0.15) is 22.5 Å². The molecule has 7 heteroatoms. The second-order valence-corrected chi connectivity index (χ2v) is 8.73. The first-order chi connectivity index (χ1) is 15.1. The zero-order valence-electron chi connectivity index (χ0n) is 17.6. The number of nitrogens with zero attached hydrogens (tertiary/aromatic N) is 5. The number of fused-ring (bicyclic) bond motifs is 2. The van der Waals surface area contributed by atoms with Gasteiger partial charge in [-0.3, -0.25) is 4.79 Å².